The van der Waals surface area contributed by atoms with E-state index in [9.17, 15) is 19.8 Å². The second kappa shape index (κ2) is 9.70. The van der Waals surface area contributed by atoms with Gasteiger partial charge in [-0.1, -0.05) is 42.2 Å². The molecule has 28 heavy (non-hydrogen) atoms. The van der Waals surface area contributed by atoms with Gasteiger partial charge in [0.05, 0.1) is 0 Å². The molecule has 2 atom stereocenters. The summed E-state index contributed by atoms with van der Waals surface area (Å²) in [4.78, 5) is 26.4. The average Bonchev–Trinajstić information content (AvgIpc) is 2.71. The van der Waals surface area contributed by atoms with Gasteiger partial charge in [0.1, 0.15) is 0 Å². The number of hydrogen-bond donors (Lipinski definition) is 2. The molecule has 0 aliphatic carbocycles. The number of aliphatic hydroxyl groups is 2. The lowest BCUT2D eigenvalue weighted by Crippen LogP contribution is -2.49. The van der Waals surface area contributed by atoms with Gasteiger partial charge in [-0.3, -0.25) is 9.59 Å². The standard InChI is InChI=1S/C22H24N2O4/c1-23(2)21(27)19(25)20(26)22(28)24(3)15-18-11-7-10-17(14-18)13-12-16-8-5-4-6-9-16/h4-11,14,19-20,25-26H,15H2,1-3H3/t19-,20-/m1/s1. The van der Waals surface area contributed by atoms with Crippen molar-refractivity contribution in [1.29, 1.82) is 0 Å². The van der Waals surface area contributed by atoms with Crippen molar-refractivity contribution < 1.29 is 19.8 Å². The Balaban J connectivity index is 2.06. The minimum Gasteiger partial charge on any atom is -0.380 e. The molecule has 0 aliphatic rings. The maximum Gasteiger partial charge on any atom is 0.254 e. The summed E-state index contributed by atoms with van der Waals surface area (Å²) in [7, 11) is 4.38. The van der Waals surface area contributed by atoms with Crippen LogP contribution in [0.4, 0.5) is 0 Å². The SMILES string of the molecule is CN(C)C(=O)[C@H](O)[C@@H](O)C(=O)N(C)Cc1cccc(C#Cc2ccccc2)c1. The van der Waals surface area contributed by atoms with E-state index in [1.807, 2.05) is 54.6 Å². The second-order valence-electron chi connectivity index (χ2n) is 6.63. The summed E-state index contributed by atoms with van der Waals surface area (Å²) >= 11 is 0. The quantitative estimate of drug-likeness (QED) is 0.754. The number of likely N-dealkylation sites (N-methyl/N-ethyl adjacent to an activating group) is 2. The molecule has 2 aromatic rings. The van der Waals surface area contributed by atoms with Crippen LogP contribution in [0.25, 0.3) is 0 Å². The molecule has 0 aromatic heterocycles. The van der Waals surface area contributed by atoms with Crippen LogP contribution in [0.3, 0.4) is 0 Å². The van der Waals surface area contributed by atoms with Crippen LogP contribution in [0.2, 0.25) is 0 Å². The number of nitrogens with zero attached hydrogens (tertiary/aromatic N) is 2. The Bertz CT molecular complexity index is 884. The summed E-state index contributed by atoms with van der Waals surface area (Å²) in [6, 6.07) is 17.0. The number of benzene rings is 2. The van der Waals surface area contributed by atoms with Gasteiger partial charge in [-0.25, -0.2) is 0 Å². The van der Waals surface area contributed by atoms with Gasteiger partial charge >= 0.3 is 0 Å². The van der Waals surface area contributed by atoms with Crippen LogP contribution in [-0.2, 0) is 16.1 Å². The smallest absolute Gasteiger partial charge is 0.254 e. The Kier molecular flexibility index (Phi) is 7.33. The van der Waals surface area contributed by atoms with Gasteiger partial charge in [-0.15, -0.1) is 0 Å². The fourth-order valence-corrected chi connectivity index (χ4v) is 2.53. The average molecular weight is 380 g/mol. The van der Waals surface area contributed by atoms with Crippen LogP contribution in [0.15, 0.2) is 54.6 Å². The van der Waals surface area contributed by atoms with Crippen molar-refractivity contribution in [3.05, 3.63) is 71.3 Å². The van der Waals surface area contributed by atoms with E-state index in [1.54, 1.807) is 0 Å². The maximum atomic E-state index is 12.3. The zero-order valence-corrected chi connectivity index (χ0v) is 16.2. The second-order valence-corrected chi connectivity index (χ2v) is 6.63. The molecule has 0 radical (unpaired) electrons. The third-order valence-electron chi connectivity index (χ3n) is 4.09. The minimum absolute atomic E-state index is 0.208. The summed E-state index contributed by atoms with van der Waals surface area (Å²) < 4.78 is 0. The van der Waals surface area contributed by atoms with Crippen LogP contribution in [-0.4, -0.2) is 65.2 Å². The Morgan fingerprint density at radius 3 is 2.07 bits per heavy atom. The highest BCUT2D eigenvalue weighted by atomic mass is 16.3. The summed E-state index contributed by atoms with van der Waals surface area (Å²) in [6.45, 7) is 0.208. The molecule has 2 rings (SSSR count). The first-order chi connectivity index (χ1) is 13.3. The molecule has 2 aromatic carbocycles. The van der Waals surface area contributed by atoms with Crippen LogP contribution in [0, 0.1) is 11.8 Å². The Labute approximate surface area is 165 Å². The summed E-state index contributed by atoms with van der Waals surface area (Å²) in [6.07, 6.45) is -3.62. The summed E-state index contributed by atoms with van der Waals surface area (Å²) in [5, 5.41) is 19.9. The molecule has 0 spiro atoms. The summed E-state index contributed by atoms with van der Waals surface area (Å²) in [5.74, 6) is 4.69. The molecular formula is C22H24N2O4. The van der Waals surface area contributed by atoms with Crippen LogP contribution < -0.4 is 0 Å². The van der Waals surface area contributed by atoms with Crippen molar-refractivity contribution in [3.63, 3.8) is 0 Å². The molecule has 2 amide bonds. The van der Waals surface area contributed by atoms with Gasteiger partial charge in [0, 0.05) is 38.8 Å². The van der Waals surface area contributed by atoms with Gasteiger partial charge in [0.2, 0.25) is 0 Å². The van der Waals surface area contributed by atoms with Crippen molar-refractivity contribution in [1.82, 2.24) is 9.80 Å². The number of hydrogen-bond acceptors (Lipinski definition) is 4. The number of carbonyl (C=O) groups excluding carboxylic acids is 2. The lowest BCUT2D eigenvalue weighted by molar-refractivity contribution is -0.156. The lowest BCUT2D eigenvalue weighted by atomic mass is 10.1. The molecule has 0 bridgehead atoms. The normalized spacial score (nSPS) is 12.3. The highest BCUT2D eigenvalue weighted by molar-refractivity contribution is 5.90. The predicted molar refractivity (Wildman–Crippen MR) is 106 cm³/mol. The molecule has 6 nitrogen and oxygen atoms in total. The minimum atomic E-state index is -1.82. The molecule has 2 N–H and O–H groups in total. The van der Waals surface area contributed by atoms with E-state index in [-0.39, 0.29) is 6.54 Å². The molecule has 0 saturated heterocycles. The Hall–Kier alpha value is -3.14. The van der Waals surface area contributed by atoms with E-state index in [0.29, 0.717) is 0 Å². The highest BCUT2D eigenvalue weighted by Crippen LogP contribution is 2.10. The van der Waals surface area contributed by atoms with Gasteiger partial charge in [0.15, 0.2) is 12.2 Å². The van der Waals surface area contributed by atoms with Crippen LogP contribution >= 0.6 is 0 Å². The first kappa shape index (κ1) is 21.2. The summed E-state index contributed by atoms with van der Waals surface area (Å²) in [5.41, 5.74) is 2.52. The topological polar surface area (TPSA) is 81.1 Å². The zero-order valence-electron chi connectivity index (χ0n) is 16.2. The van der Waals surface area contributed by atoms with Crippen LogP contribution in [0.1, 0.15) is 16.7 Å². The molecule has 146 valence electrons. The van der Waals surface area contributed by atoms with Gasteiger partial charge in [-0.05, 0) is 29.8 Å². The third kappa shape index (κ3) is 5.68. The largest absolute Gasteiger partial charge is 0.380 e. The fraction of sp³-hybridized carbons (Fsp3) is 0.273. The highest BCUT2D eigenvalue weighted by Gasteiger charge is 2.33. The molecule has 0 saturated carbocycles. The van der Waals surface area contributed by atoms with Crippen molar-refractivity contribution in [3.8, 4) is 11.8 Å². The Morgan fingerprint density at radius 2 is 1.43 bits per heavy atom. The van der Waals surface area contributed by atoms with E-state index in [1.165, 1.54) is 26.0 Å². The molecule has 0 aliphatic heterocycles. The number of aliphatic hydroxyl groups excluding tert-OH is 2. The molecule has 6 heteroatoms. The zero-order chi connectivity index (χ0) is 20.7. The van der Waals surface area contributed by atoms with E-state index in [0.717, 1.165) is 21.6 Å². The predicted octanol–water partition coefficient (Wildman–Crippen LogP) is 0.855. The van der Waals surface area contributed by atoms with Crippen molar-refractivity contribution in [2.24, 2.45) is 0 Å². The van der Waals surface area contributed by atoms with Crippen LogP contribution in [0.5, 0.6) is 0 Å². The first-order valence-electron chi connectivity index (χ1n) is 8.78. The lowest BCUT2D eigenvalue weighted by Gasteiger charge is -2.24. The van der Waals surface area contributed by atoms with E-state index in [2.05, 4.69) is 11.8 Å². The van der Waals surface area contributed by atoms with Gasteiger partial charge in [0.25, 0.3) is 11.8 Å². The number of amides is 2. The first-order valence-corrected chi connectivity index (χ1v) is 8.78. The monoisotopic (exact) mass is 380 g/mol. The Morgan fingerprint density at radius 1 is 0.857 bits per heavy atom. The van der Waals surface area contributed by atoms with Crippen molar-refractivity contribution in [2.45, 2.75) is 18.8 Å². The number of carbonyl (C=O) groups is 2. The third-order valence-corrected chi connectivity index (χ3v) is 4.09. The van der Waals surface area contributed by atoms with Crippen molar-refractivity contribution in [2.75, 3.05) is 21.1 Å². The molecule has 0 fully saturated rings. The number of rotatable bonds is 5. The van der Waals surface area contributed by atoms with E-state index < -0.39 is 24.0 Å². The molecular weight excluding hydrogens is 356 g/mol. The fourth-order valence-electron chi connectivity index (χ4n) is 2.53. The maximum absolute atomic E-state index is 12.3. The molecule has 0 heterocycles. The molecule has 0 unspecified atom stereocenters. The van der Waals surface area contributed by atoms with Gasteiger partial charge < -0.3 is 20.0 Å². The van der Waals surface area contributed by atoms with E-state index >= 15 is 0 Å². The van der Waals surface area contributed by atoms with Gasteiger partial charge in [-0.2, -0.15) is 0 Å². The van der Waals surface area contributed by atoms with E-state index in [4.69, 9.17) is 0 Å². The van der Waals surface area contributed by atoms with Crippen molar-refractivity contribution >= 4 is 11.8 Å².